The second-order valence-corrected chi connectivity index (χ2v) is 11.2. The molecule has 5 rings (SSSR count). The number of nitrogens with one attached hydrogen (secondary N) is 4. The van der Waals surface area contributed by atoms with Crippen molar-refractivity contribution >= 4 is 51.7 Å². The highest BCUT2D eigenvalue weighted by molar-refractivity contribution is 7.13. The van der Waals surface area contributed by atoms with E-state index in [2.05, 4.69) is 25.5 Å². The minimum absolute atomic E-state index is 0.168. The van der Waals surface area contributed by atoms with E-state index in [0.717, 1.165) is 46.0 Å². The third-order valence-corrected chi connectivity index (χ3v) is 8.32. The van der Waals surface area contributed by atoms with Crippen LogP contribution in [0.4, 0.5) is 4.79 Å². The van der Waals surface area contributed by atoms with E-state index in [1.165, 1.54) is 16.2 Å². The first kappa shape index (κ1) is 26.4. The lowest BCUT2D eigenvalue weighted by molar-refractivity contribution is 0.0814. The third-order valence-electron chi connectivity index (χ3n) is 7.01. The zero-order valence-electron chi connectivity index (χ0n) is 21.2. The summed E-state index contributed by atoms with van der Waals surface area (Å²) >= 11 is 7.46. The molecule has 11 nitrogen and oxygen atoms in total. The molecule has 2 atom stereocenters. The van der Waals surface area contributed by atoms with Crippen LogP contribution in [-0.2, 0) is 13.0 Å². The van der Waals surface area contributed by atoms with Crippen LogP contribution in [0.15, 0.2) is 24.3 Å². The fourth-order valence-electron chi connectivity index (χ4n) is 4.87. The zero-order chi connectivity index (χ0) is 27.0. The van der Waals surface area contributed by atoms with Crippen LogP contribution in [0, 0.1) is 0 Å². The standard InChI is InChI=1S/C25H30ClN8O3S/c1-3-34(27)25(37)33-9-7-17(29-22(35)19-11-14-10-15(26)4-5-16(14)28-19)20(12-33)30-23(36)24-31-18-6-8-32(2)13-21(18)38-24/h4-5,10-11,17,20,27-28H,3,6-9,12-13H2,1-2H3,(H,29,35)(H,30,36)/q-1/t17-,20+/m0/s1. The van der Waals surface area contributed by atoms with Crippen LogP contribution in [0.25, 0.3) is 16.7 Å². The Morgan fingerprint density at radius 2 is 2.00 bits per heavy atom. The van der Waals surface area contributed by atoms with Gasteiger partial charge in [-0.3, -0.25) is 14.4 Å². The van der Waals surface area contributed by atoms with E-state index >= 15 is 0 Å². The molecule has 0 aliphatic carbocycles. The highest BCUT2D eigenvalue weighted by Gasteiger charge is 2.35. The lowest BCUT2D eigenvalue weighted by atomic mass is 9.99. The van der Waals surface area contributed by atoms with Gasteiger partial charge in [-0.15, -0.1) is 11.3 Å². The Kier molecular flexibility index (Phi) is 7.57. The Labute approximate surface area is 229 Å². The van der Waals surface area contributed by atoms with Gasteiger partial charge >= 0.3 is 6.03 Å². The topological polar surface area (TPSA) is 137 Å². The number of amides is 4. The van der Waals surface area contributed by atoms with Crippen molar-refractivity contribution in [1.29, 1.82) is 0 Å². The van der Waals surface area contributed by atoms with Crippen LogP contribution in [-0.4, -0.2) is 87.9 Å². The molecule has 13 heteroatoms. The normalized spacial score (nSPS) is 19.7. The summed E-state index contributed by atoms with van der Waals surface area (Å²) in [7, 11) is 2.04. The molecule has 4 N–H and O–H groups in total. The maximum Gasteiger partial charge on any atom is 0.302 e. The van der Waals surface area contributed by atoms with Crippen LogP contribution in [0.5, 0.6) is 0 Å². The monoisotopic (exact) mass is 557 g/mol. The minimum Gasteiger partial charge on any atom is -0.579 e. The van der Waals surface area contributed by atoms with Crippen LogP contribution in [0.3, 0.4) is 0 Å². The number of hydrogen-bond donors (Lipinski definition) is 3. The number of nitrogens with zero attached hydrogens (tertiary/aromatic N) is 4. The summed E-state index contributed by atoms with van der Waals surface area (Å²) in [6, 6.07) is 5.66. The maximum absolute atomic E-state index is 13.3. The zero-order valence-corrected chi connectivity index (χ0v) is 22.8. The van der Waals surface area contributed by atoms with Gasteiger partial charge in [0.15, 0.2) is 5.01 Å². The number of rotatable bonds is 5. The largest absolute Gasteiger partial charge is 0.579 e. The number of H-pyrrole nitrogens is 1. The lowest BCUT2D eigenvalue weighted by Gasteiger charge is -2.42. The molecule has 2 aliphatic heterocycles. The fraction of sp³-hybridized carbons (Fsp3) is 0.440. The summed E-state index contributed by atoms with van der Waals surface area (Å²) in [5.74, 6) is 7.25. The van der Waals surface area contributed by atoms with E-state index in [9.17, 15) is 14.4 Å². The molecule has 0 spiro atoms. The number of likely N-dealkylation sites (tertiary alicyclic amines) is 1. The smallest absolute Gasteiger partial charge is 0.302 e. The van der Waals surface area contributed by atoms with Crippen molar-refractivity contribution in [2.24, 2.45) is 0 Å². The number of aromatic amines is 1. The fourth-order valence-corrected chi connectivity index (χ4v) is 6.14. The summed E-state index contributed by atoms with van der Waals surface area (Å²) in [6.07, 6.45) is 1.22. The molecule has 1 aromatic carbocycles. The summed E-state index contributed by atoms with van der Waals surface area (Å²) in [4.78, 5) is 51.6. The van der Waals surface area contributed by atoms with Gasteiger partial charge in [0.05, 0.1) is 17.8 Å². The van der Waals surface area contributed by atoms with Gasteiger partial charge in [0, 0.05) is 59.9 Å². The number of carbonyl (C=O) groups excluding carboxylic acids is 3. The molecule has 0 bridgehead atoms. The Morgan fingerprint density at radius 1 is 1.21 bits per heavy atom. The predicted octanol–water partition coefficient (Wildman–Crippen LogP) is 3.28. The van der Waals surface area contributed by atoms with Crippen LogP contribution < -0.4 is 10.6 Å². The number of thiazole rings is 1. The van der Waals surface area contributed by atoms with Gasteiger partial charge in [-0.2, -0.15) is 0 Å². The molecule has 202 valence electrons. The molecule has 0 saturated carbocycles. The van der Waals surface area contributed by atoms with Crippen molar-refractivity contribution in [1.82, 2.24) is 35.4 Å². The molecule has 4 amide bonds. The highest BCUT2D eigenvalue weighted by Crippen LogP contribution is 2.25. The van der Waals surface area contributed by atoms with E-state index in [4.69, 9.17) is 17.4 Å². The van der Waals surface area contributed by atoms with E-state index in [1.807, 2.05) is 13.1 Å². The van der Waals surface area contributed by atoms with Crippen molar-refractivity contribution < 1.29 is 14.4 Å². The summed E-state index contributed by atoms with van der Waals surface area (Å²) in [6.45, 7) is 4.15. The number of likely N-dealkylation sites (N-methyl/N-ethyl adjacent to an activating group) is 1. The Morgan fingerprint density at radius 3 is 2.79 bits per heavy atom. The van der Waals surface area contributed by atoms with E-state index in [0.29, 0.717) is 28.7 Å². The first-order valence-corrected chi connectivity index (χ1v) is 13.8. The summed E-state index contributed by atoms with van der Waals surface area (Å²) in [5.41, 5.74) is 2.12. The number of piperidine rings is 1. The van der Waals surface area contributed by atoms with Crippen molar-refractivity contribution in [2.45, 2.75) is 38.4 Å². The number of hydrogen-bond acceptors (Lipinski definition) is 6. The number of carbonyl (C=O) groups is 3. The number of urea groups is 1. The summed E-state index contributed by atoms with van der Waals surface area (Å²) in [5, 5.41) is 8.72. The molecule has 1 saturated heterocycles. The second kappa shape index (κ2) is 10.9. The van der Waals surface area contributed by atoms with Gasteiger partial charge in [0.25, 0.3) is 11.8 Å². The average molecular weight is 558 g/mol. The van der Waals surface area contributed by atoms with Crippen molar-refractivity contribution in [2.75, 3.05) is 33.2 Å². The molecular formula is C25H30ClN8O3S-. The van der Waals surface area contributed by atoms with Crippen LogP contribution in [0.2, 0.25) is 5.02 Å². The minimum atomic E-state index is -0.558. The predicted molar refractivity (Wildman–Crippen MR) is 146 cm³/mol. The van der Waals surface area contributed by atoms with Gasteiger partial charge in [0.1, 0.15) is 5.69 Å². The van der Waals surface area contributed by atoms with E-state index in [1.54, 1.807) is 25.1 Å². The van der Waals surface area contributed by atoms with Gasteiger partial charge in [-0.05, 0) is 44.7 Å². The number of aromatic nitrogens is 2. The van der Waals surface area contributed by atoms with Crippen LogP contribution >= 0.6 is 22.9 Å². The molecule has 0 unspecified atom stereocenters. The van der Waals surface area contributed by atoms with E-state index in [-0.39, 0.29) is 24.9 Å². The molecule has 4 heterocycles. The molecule has 38 heavy (non-hydrogen) atoms. The molecule has 3 aromatic rings. The van der Waals surface area contributed by atoms with Crippen molar-refractivity contribution in [3.05, 3.63) is 56.4 Å². The number of halogens is 1. The molecular weight excluding hydrogens is 528 g/mol. The molecule has 2 aromatic heterocycles. The second-order valence-electron chi connectivity index (χ2n) is 9.71. The Hall–Kier alpha value is -3.19. The highest BCUT2D eigenvalue weighted by atomic mass is 35.5. The van der Waals surface area contributed by atoms with Crippen LogP contribution in [0.1, 0.15) is 44.2 Å². The molecule has 0 radical (unpaired) electrons. The van der Waals surface area contributed by atoms with Gasteiger partial charge in [-0.25, -0.2) is 4.98 Å². The van der Waals surface area contributed by atoms with Crippen molar-refractivity contribution in [3.8, 4) is 0 Å². The Balaban J connectivity index is 1.34. The quantitative estimate of drug-likeness (QED) is 0.413. The maximum atomic E-state index is 13.3. The van der Waals surface area contributed by atoms with Gasteiger partial charge in [0.2, 0.25) is 0 Å². The average Bonchev–Trinajstić information content (AvgIpc) is 3.52. The van der Waals surface area contributed by atoms with E-state index < -0.39 is 18.1 Å². The first-order valence-electron chi connectivity index (χ1n) is 12.6. The van der Waals surface area contributed by atoms with Gasteiger partial charge in [-0.1, -0.05) is 11.6 Å². The first-order chi connectivity index (χ1) is 18.2. The molecule has 1 fully saturated rings. The number of benzene rings is 1. The third kappa shape index (κ3) is 5.48. The lowest BCUT2D eigenvalue weighted by Crippen LogP contribution is -2.62. The van der Waals surface area contributed by atoms with Gasteiger partial charge < -0.3 is 36.3 Å². The van der Waals surface area contributed by atoms with Crippen molar-refractivity contribution in [3.63, 3.8) is 0 Å². The summed E-state index contributed by atoms with van der Waals surface area (Å²) < 4.78 is 0. The number of fused-ring (bicyclic) bond motifs is 2. The SMILES string of the molecule is CCN([NH-])C(=O)N1CC[C@H](NC(=O)c2cc3cc(Cl)ccc3[nH]2)[C@H](NC(=O)c2nc3c(s2)CN(C)CC3)C1. The Bertz CT molecular complexity index is 1370. The molecule has 2 aliphatic rings.